The largest absolute Gasteiger partial charge is 0.524 e. The summed E-state index contributed by atoms with van der Waals surface area (Å²) in [6.07, 6.45) is 1.25. The maximum Gasteiger partial charge on any atom is 0.524 e. The highest BCUT2D eigenvalue weighted by molar-refractivity contribution is 7.46. The van der Waals surface area contributed by atoms with Crippen LogP contribution in [0.25, 0.3) is 0 Å². The predicted octanol–water partition coefficient (Wildman–Crippen LogP) is -0.0327. The van der Waals surface area contributed by atoms with Crippen molar-refractivity contribution in [2.45, 2.75) is 12.0 Å². The Morgan fingerprint density at radius 3 is 2.59 bits per heavy atom. The number of aromatic hydroxyl groups is 1. The Hall–Kier alpha value is -1.90. The second-order valence-corrected chi connectivity index (χ2v) is 5.54. The summed E-state index contributed by atoms with van der Waals surface area (Å²) in [6.45, 7) is 3.52. The zero-order valence-electron chi connectivity index (χ0n) is 11.7. The first-order valence-corrected chi connectivity index (χ1v) is 7.47. The quantitative estimate of drug-likeness (QED) is 0.152. The monoisotopic (exact) mass is 332 g/mol. The molecule has 1 atom stereocenters. The summed E-state index contributed by atoms with van der Waals surface area (Å²) in [6, 6.07) is 3.75. The molecule has 9 nitrogen and oxygen atoms in total. The molecule has 0 spiro atoms. The van der Waals surface area contributed by atoms with Crippen LogP contribution in [0.1, 0.15) is 5.56 Å². The highest BCUT2D eigenvalue weighted by Gasteiger charge is 2.36. The van der Waals surface area contributed by atoms with Crippen molar-refractivity contribution in [2.24, 2.45) is 5.84 Å². The van der Waals surface area contributed by atoms with Crippen molar-refractivity contribution >= 4 is 13.8 Å². The average Bonchev–Trinajstić information content (AvgIpc) is 2.45. The van der Waals surface area contributed by atoms with Gasteiger partial charge in [-0.05, 0) is 17.7 Å². The van der Waals surface area contributed by atoms with Gasteiger partial charge in [0.25, 0.3) is 0 Å². The summed E-state index contributed by atoms with van der Waals surface area (Å²) in [5, 5.41) is 9.73. The Bertz CT molecular complexity index is 615. The van der Waals surface area contributed by atoms with Crippen molar-refractivity contribution in [1.82, 2.24) is 5.43 Å². The highest BCUT2D eigenvalue weighted by atomic mass is 31.2. The van der Waals surface area contributed by atoms with Gasteiger partial charge >= 0.3 is 13.8 Å². The fourth-order valence-corrected chi connectivity index (χ4v) is 2.19. The first-order chi connectivity index (χ1) is 10.2. The molecule has 0 saturated heterocycles. The van der Waals surface area contributed by atoms with Gasteiger partial charge in [0.1, 0.15) is 0 Å². The lowest BCUT2D eigenvalue weighted by Gasteiger charge is -2.26. The van der Waals surface area contributed by atoms with Crippen LogP contribution in [0, 0.1) is 0 Å². The van der Waals surface area contributed by atoms with Crippen LogP contribution in [0.5, 0.6) is 11.5 Å². The molecule has 0 amide bonds. The van der Waals surface area contributed by atoms with Crippen molar-refractivity contribution in [2.75, 3.05) is 7.11 Å². The van der Waals surface area contributed by atoms with Crippen LogP contribution < -0.4 is 15.8 Å². The van der Waals surface area contributed by atoms with Gasteiger partial charge in [-0.1, -0.05) is 12.1 Å². The number of methoxy groups -OCH3 is 1. The van der Waals surface area contributed by atoms with Crippen molar-refractivity contribution in [1.29, 1.82) is 0 Å². The molecular weight excluding hydrogens is 315 g/mol. The van der Waals surface area contributed by atoms with Gasteiger partial charge in [0.15, 0.2) is 17.0 Å². The van der Waals surface area contributed by atoms with E-state index in [2.05, 4.69) is 21.3 Å². The molecule has 0 saturated carbocycles. The lowest BCUT2D eigenvalue weighted by atomic mass is 9.91. The third-order valence-corrected chi connectivity index (χ3v) is 3.31. The number of nitrogens with two attached hydrogens (primary N) is 1. The first-order valence-electron chi connectivity index (χ1n) is 5.94. The van der Waals surface area contributed by atoms with Crippen molar-refractivity contribution in [3.05, 3.63) is 36.4 Å². The predicted molar refractivity (Wildman–Crippen MR) is 76.8 cm³/mol. The van der Waals surface area contributed by atoms with Crippen LogP contribution in [0.15, 0.2) is 30.9 Å². The van der Waals surface area contributed by atoms with E-state index in [9.17, 15) is 14.5 Å². The van der Waals surface area contributed by atoms with E-state index in [1.54, 1.807) is 0 Å². The number of rotatable bonds is 7. The standard InChI is InChI=1S/C12H17N2O7P/c1-3-12(14-13,11(16)20-2)7-8-4-5-10(9(15)6-8)21-22(17,18)19/h3-6,14-15H,1,7,13H2,2H3,(H2,17,18,19)/t12-/m0/s1. The number of ether oxygens (including phenoxy) is 1. The molecule has 0 bridgehead atoms. The van der Waals surface area contributed by atoms with Crippen LogP contribution in [0.2, 0.25) is 0 Å². The van der Waals surface area contributed by atoms with Gasteiger partial charge in [-0.2, -0.15) is 0 Å². The first kappa shape index (κ1) is 18.1. The molecule has 0 aliphatic carbocycles. The van der Waals surface area contributed by atoms with E-state index >= 15 is 0 Å². The van der Waals surface area contributed by atoms with Gasteiger partial charge in [0.05, 0.1) is 7.11 Å². The van der Waals surface area contributed by atoms with Gasteiger partial charge < -0.3 is 14.4 Å². The second kappa shape index (κ2) is 6.91. The molecule has 1 rings (SSSR count). The molecule has 0 heterocycles. The van der Waals surface area contributed by atoms with Crippen molar-refractivity contribution in [3.8, 4) is 11.5 Å². The van der Waals surface area contributed by atoms with E-state index in [1.807, 2.05) is 0 Å². The molecule has 22 heavy (non-hydrogen) atoms. The van der Waals surface area contributed by atoms with E-state index in [1.165, 1.54) is 25.3 Å². The number of hydrazine groups is 1. The number of phenolic OH excluding ortho intramolecular Hbond substituents is 1. The molecule has 6 N–H and O–H groups in total. The summed E-state index contributed by atoms with van der Waals surface area (Å²) in [5.74, 6) is 3.81. The van der Waals surface area contributed by atoms with Crippen LogP contribution >= 0.6 is 7.82 Å². The maximum absolute atomic E-state index is 11.8. The Kier molecular flexibility index (Phi) is 5.70. The molecule has 0 unspecified atom stereocenters. The summed E-state index contributed by atoms with van der Waals surface area (Å²) in [4.78, 5) is 29.2. The van der Waals surface area contributed by atoms with Crippen molar-refractivity contribution in [3.63, 3.8) is 0 Å². The normalized spacial score (nSPS) is 14.0. The highest BCUT2D eigenvalue weighted by Crippen LogP contribution is 2.41. The number of hydrogen-bond donors (Lipinski definition) is 5. The third kappa shape index (κ3) is 4.30. The zero-order valence-corrected chi connectivity index (χ0v) is 12.6. The van der Waals surface area contributed by atoms with E-state index in [0.717, 1.165) is 6.07 Å². The minimum Gasteiger partial charge on any atom is -0.504 e. The van der Waals surface area contributed by atoms with Gasteiger partial charge in [-0.15, -0.1) is 6.58 Å². The lowest BCUT2D eigenvalue weighted by molar-refractivity contribution is -0.146. The number of phenols is 1. The van der Waals surface area contributed by atoms with Crippen LogP contribution in [0.4, 0.5) is 0 Å². The Labute approximate surface area is 126 Å². The smallest absolute Gasteiger partial charge is 0.504 e. The summed E-state index contributed by atoms with van der Waals surface area (Å²) in [7, 11) is -3.60. The fourth-order valence-electron chi connectivity index (χ4n) is 1.78. The summed E-state index contributed by atoms with van der Waals surface area (Å²) < 4.78 is 19.7. The van der Waals surface area contributed by atoms with Crippen LogP contribution in [-0.4, -0.2) is 33.5 Å². The molecule has 10 heteroatoms. The van der Waals surface area contributed by atoms with Gasteiger partial charge in [-0.25, -0.2) is 14.8 Å². The molecule has 0 aromatic heterocycles. The topological polar surface area (TPSA) is 151 Å². The lowest BCUT2D eigenvalue weighted by Crippen LogP contribution is -2.56. The van der Waals surface area contributed by atoms with E-state index in [4.69, 9.17) is 15.6 Å². The molecule has 0 radical (unpaired) electrons. The Balaban J connectivity index is 3.08. The Morgan fingerprint density at radius 1 is 1.55 bits per heavy atom. The maximum atomic E-state index is 11.8. The molecule has 0 fully saturated rings. The number of nitrogens with one attached hydrogen (secondary N) is 1. The number of esters is 1. The van der Waals surface area contributed by atoms with Crippen molar-refractivity contribution < 1.29 is 33.5 Å². The van der Waals surface area contributed by atoms with Crippen LogP contribution in [0.3, 0.4) is 0 Å². The minimum atomic E-state index is -4.79. The van der Waals surface area contributed by atoms with Gasteiger partial charge in [0.2, 0.25) is 0 Å². The number of hydrogen-bond acceptors (Lipinski definition) is 7. The van der Waals surface area contributed by atoms with Gasteiger partial charge in [-0.3, -0.25) is 15.6 Å². The Morgan fingerprint density at radius 2 is 2.18 bits per heavy atom. The van der Waals surface area contributed by atoms with Gasteiger partial charge in [0, 0.05) is 6.42 Å². The molecule has 0 aliphatic heterocycles. The van der Waals surface area contributed by atoms with E-state index in [-0.39, 0.29) is 12.2 Å². The third-order valence-electron chi connectivity index (χ3n) is 2.88. The number of carbonyl (C=O) groups excluding carboxylic acids is 1. The van der Waals surface area contributed by atoms with E-state index < -0.39 is 25.1 Å². The minimum absolute atomic E-state index is 0.0105. The average molecular weight is 332 g/mol. The fraction of sp³-hybridized carbons (Fsp3) is 0.250. The number of benzene rings is 1. The SMILES string of the molecule is C=C[C@@](Cc1ccc(OP(=O)(O)O)c(O)c1)(NN)C(=O)OC. The molecule has 1 aromatic rings. The van der Waals surface area contributed by atoms with E-state index in [0.29, 0.717) is 5.56 Å². The zero-order chi connectivity index (χ0) is 17.0. The molecular formula is C12H17N2O7P. The summed E-state index contributed by atoms with van der Waals surface area (Å²) in [5.41, 5.74) is 1.33. The second-order valence-electron chi connectivity index (χ2n) is 4.37. The van der Waals surface area contributed by atoms with Crippen LogP contribution in [-0.2, 0) is 20.5 Å². The molecule has 1 aromatic carbocycles. The number of phosphoric ester groups is 1. The number of phosphoric acid groups is 1. The number of carbonyl (C=O) groups is 1. The molecule has 0 aliphatic rings. The molecule has 122 valence electrons. The summed E-state index contributed by atoms with van der Waals surface area (Å²) >= 11 is 0.